The fourth-order valence-corrected chi connectivity index (χ4v) is 2.56. The first-order valence-electron chi connectivity index (χ1n) is 9.84. The fraction of sp³-hybridized carbons (Fsp3) is 0.391. The molecule has 2 aromatic carbocycles. The summed E-state index contributed by atoms with van der Waals surface area (Å²) < 4.78 is 11.0. The molecule has 2 rings (SSSR count). The van der Waals surface area contributed by atoms with Crippen molar-refractivity contribution in [2.45, 2.75) is 52.6 Å². The molecule has 0 spiro atoms. The van der Waals surface area contributed by atoms with Crippen molar-refractivity contribution >= 4 is 11.8 Å². The van der Waals surface area contributed by atoms with Crippen molar-refractivity contribution in [3.05, 3.63) is 59.7 Å². The highest BCUT2D eigenvalue weighted by Gasteiger charge is 2.15. The molecule has 156 valence electrons. The van der Waals surface area contributed by atoms with Crippen LogP contribution in [0.1, 0.15) is 57.6 Å². The number of ether oxygens (including phenoxy) is 2. The molecule has 6 heteroatoms. The molecule has 0 saturated carbocycles. The number of carbonyl (C=O) groups excluding carboxylic acids is 2. The zero-order valence-electron chi connectivity index (χ0n) is 17.7. The maximum atomic E-state index is 12.1. The van der Waals surface area contributed by atoms with Crippen LogP contribution in [0.25, 0.3) is 0 Å². The number of hydrogen-bond donors (Lipinski definition) is 2. The highest BCUT2D eigenvalue weighted by atomic mass is 16.5. The van der Waals surface area contributed by atoms with Crippen LogP contribution in [0.2, 0.25) is 0 Å². The van der Waals surface area contributed by atoms with Crippen molar-refractivity contribution in [3.8, 4) is 11.5 Å². The zero-order valence-corrected chi connectivity index (χ0v) is 17.7. The van der Waals surface area contributed by atoms with Crippen LogP contribution in [0.15, 0.2) is 48.5 Å². The molecule has 0 aliphatic rings. The largest absolute Gasteiger partial charge is 0.484 e. The van der Waals surface area contributed by atoms with Crippen molar-refractivity contribution in [1.29, 1.82) is 0 Å². The van der Waals surface area contributed by atoms with E-state index in [9.17, 15) is 9.59 Å². The lowest BCUT2D eigenvalue weighted by molar-refractivity contribution is -0.133. The molecule has 0 radical (unpaired) electrons. The van der Waals surface area contributed by atoms with E-state index in [1.54, 1.807) is 6.92 Å². The Kier molecular flexibility index (Phi) is 8.07. The van der Waals surface area contributed by atoms with Gasteiger partial charge in [0.15, 0.2) is 12.7 Å². The van der Waals surface area contributed by atoms with Crippen LogP contribution in [0, 0.1) is 0 Å². The molecule has 0 fully saturated rings. The molecule has 1 unspecified atom stereocenters. The predicted molar refractivity (Wildman–Crippen MR) is 113 cm³/mol. The Morgan fingerprint density at radius 3 is 1.72 bits per heavy atom. The van der Waals surface area contributed by atoms with Gasteiger partial charge in [0, 0.05) is 0 Å². The SMILES string of the molecule is CC(Oc1ccc(C(C)C)cc1)C(=O)NNC(=O)COc1ccc(C(C)C)cc1. The second kappa shape index (κ2) is 10.5. The van der Waals surface area contributed by atoms with E-state index in [1.807, 2.05) is 48.5 Å². The van der Waals surface area contributed by atoms with Gasteiger partial charge in [-0.25, -0.2) is 0 Å². The summed E-state index contributed by atoms with van der Waals surface area (Å²) in [7, 11) is 0. The summed E-state index contributed by atoms with van der Waals surface area (Å²) in [5.74, 6) is 1.14. The van der Waals surface area contributed by atoms with E-state index in [0.717, 1.165) is 0 Å². The van der Waals surface area contributed by atoms with E-state index in [4.69, 9.17) is 9.47 Å². The minimum absolute atomic E-state index is 0.201. The molecule has 29 heavy (non-hydrogen) atoms. The molecule has 0 bridgehead atoms. The molecule has 2 amide bonds. The summed E-state index contributed by atoms with van der Waals surface area (Å²) >= 11 is 0. The predicted octanol–water partition coefficient (Wildman–Crippen LogP) is 3.93. The quantitative estimate of drug-likeness (QED) is 0.661. The van der Waals surface area contributed by atoms with Gasteiger partial charge in [-0.2, -0.15) is 0 Å². The van der Waals surface area contributed by atoms with E-state index < -0.39 is 17.9 Å². The average molecular weight is 399 g/mol. The highest BCUT2D eigenvalue weighted by Crippen LogP contribution is 2.20. The summed E-state index contributed by atoms with van der Waals surface area (Å²) in [5, 5.41) is 0. The van der Waals surface area contributed by atoms with E-state index in [0.29, 0.717) is 23.3 Å². The lowest BCUT2D eigenvalue weighted by Crippen LogP contribution is -2.48. The highest BCUT2D eigenvalue weighted by molar-refractivity contribution is 5.85. The van der Waals surface area contributed by atoms with Crippen LogP contribution < -0.4 is 20.3 Å². The number of hydrogen-bond acceptors (Lipinski definition) is 4. The van der Waals surface area contributed by atoms with Crippen LogP contribution >= 0.6 is 0 Å². The Labute approximate surface area is 172 Å². The maximum Gasteiger partial charge on any atom is 0.279 e. The molecule has 0 saturated heterocycles. The number of benzene rings is 2. The summed E-state index contributed by atoms with van der Waals surface area (Å²) in [6, 6.07) is 15.2. The topological polar surface area (TPSA) is 76.7 Å². The van der Waals surface area contributed by atoms with Gasteiger partial charge in [0.25, 0.3) is 11.8 Å². The van der Waals surface area contributed by atoms with Gasteiger partial charge in [-0.1, -0.05) is 52.0 Å². The molecular weight excluding hydrogens is 368 g/mol. The van der Waals surface area contributed by atoms with Gasteiger partial charge in [0.05, 0.1) is 0 Å². The third-order valence-corrected chi connectivity index (χ3v) is 4.47. The molecular formula is C23H30N2O4. The minimum Gasteiger partial charge on any atom is -0.484 e. The van der Waals surface area contributed by atoms with Gasteiger partial charge < -0.3 is 9.47 Å². The third kappa shape index (κ3) is 7.14. The summed E-state index contributed by atoms with van der Waals surface area (Å²) in [5.41, 5.74) is 7.07. The molecule has 6 nitrogen and oxygen atoms in total. The fourth-order valence-electron chi connectivity index (χ4n) is 2.56. The van der Waals surface area contributed by atoms with Gasteiger partial charge >= 0.3 is 0 Å². The summed E-state index contributed by atoms with van der Waals surface area (Å²) in [4.78, 5) is 24.0. The number of rotatable bonds is 8. The lowest BCUT2D eigenvalue weighted by Gasteiger charge is -2.16. The van der Waals surface area contributed by atoms with Crippen LogP contribution in [0.4, 0.5) is 0 Å². The Morgan fingerprint density at radius 1 is 0.759 bits per heavy atom. The van der Waals surface area contributed by atoms with Gasteiger partial charge in [0.2, 0.25) is 0 Å². The normalized spacial score (nSPS) is 11.8. The third-order valence-electron chi connectivity index (χ3n) is 4.47. The second-order valence-corrected chi connectivity index (χ2v) is 7.53. The Balaban J connectivity index is 1.73. The van der Waals surface area contributed by atoms with Crippen molar-refractivity contribution < 1.29 is 19.1 Å². The number of carbonyl (C=O) groups is 2. The standard InChI is InChI=1S/C23H30N2O4/c1-15(2)18-6-10-20(11-7-18)28-14-22(26)24-25-23(27)17(5)29-21-12-8-19(9-13-21)16(3)4/h6-13,15-17H,14H2,1-5H3,(H,24,26)(H,25,27). The van der Waals surface area contributed by atoms with Gasteiger partial charge in [-0.15, -0.1) is 0 Å². The second-order valence-electron chi connectivity index (χ2n) is 7.53. The molecule has 0 aliphatic carbocycles. The smallest absolute Gasteiger partial charge is 0.279 e. The molecule has 0 aliphatic heterocycles. The summed E-state index contributed by atoms with van der Waals surface area (Å²) in [6.45, 7) is 9.85. The molecule has 0 aromatic heterocycles. The number of nitrogens with one attached hydrogen (secondary N) is 2. The van der Waals surface area contributed by atoms with Crippen molar-refractivity contribution in [2.75, 3.05) is 6.61 Å². The minimum atomic E-state index is -0.760. The molecule has 0 heterocycles. The maximum absolute atomic E-state index is 12.1. The van der Waals surface area contributed by atoms with Crippen LogP contribution in [-0.2, 0) is 9.59 Å². The first kappa shape index (κ1) is 22.3. The number of hydrazine groups is 1. The Hall–Kier alpha value is -3.02. The van der Waals surface area contributed by atoms with Crippen LogP contribution in [-0.4, -0.2) is 24.5 Å². The first-order chi connectivity index (χ1) is 13.8. The first-order valence-corrected chi connectivity index (χ1v) is 9.84. The summed E-state index contributed by atoms with van der Waals surface area (Å²) in [6.07, 6.45) is -0.760. The zero-order chi connectivity index (χ0) is 21.4. The van der Waals surface area contributed by atoms with Crippen molar-refractivity contribution in [1.82, 2.24) is 10.9 Å². The van der Waals surface area contributed by atoms with E-state index in [-0.39, 0.29) is 6.61 Å². The van der Waals surface area contributed by atoms with E-state index in [2.05, 4.69) is 38.5 Å². The van der Waals surface area contributed by atoms with Crippen molar-refractivity contribution in [3.63, 3.8) is 0 Å². The van der Waals surface area contributed by atoms with Crippen LogP contribution in [0.3, 0.4) is 0 Å². The Morgan fingerprint density at radius 2 is 1.24 bits per heavy atom. The number of amides is 2. The Bertz CT molecular complexity index is 799. The van der Waals surface area contributed by atoms with Gasteiger partial charge in [0.1, 0.15) is 11.5 Å². The monoisotopic (exact) mass is 398 g/mol. The molecule has 2 N–H and O–H groups in total. The lowest BCUT2D eigenvalue weighted by atomic mass is 10.0. The average Bonchev–Trinajstić information content (AvgIpc) is 2.71. The van der Waals surface area contributed by atoms with Crippen LogP contribution in [0.5, 0.6) is 11.5 Å². The van der Waals surface area contributed by atoms with Crippen molar-refractivity contribution in [2.24, 2.45) is 0 Å². The van der Waals surface area contributed by atoms with Gasteiger partial charge in [-0.3, -0.25) is 20.4 Å². The molecule has 2 aromatic rings. The van der Waals surface area contributed by atoms with Gasteiger partial charge in [-0.05, 0) is 54.2 Å². The van der Waals surface area contributed by atoms with E-state index >= 15 is 0 Å². The molecule has 1 atom stereocenters. The van der Waals surface area contributed by atoms with E-state index in [1.165, 1.54) is 11.1 Å².